The number of carbonyl (C=O) groups is 1. The lowest BCUT2D eigenvalue weighted by molar-refractivity contribution is -0.107. The van der Waals surface area contributed by atoms with Gasteiger partial charge in [-0.15, -0.1) is 0 Å². The van der Waals surface area contributed by atoms with Crippen LogP contribution in [-0.2, 0) is 25.4 Å². The number of benzene rings is 1. The van der Waals surface area contributed by atoms with Gasteiger partial charge in [-0.05, 0) is 6.42 Å². The molecule has 0 fully saturated rings. The second-order valence-electron chi connectivity index (χ2n) is 4.26. The number of rotatable bonds is 12. The number of methoxy groups -OCH3 is 3. The van der Waals surface area contributed by atoms with Crippen LogP contribution in [0.4, 0.5) is 0 Å². The Morgan fingerprint density at radius 1 is 0.864 bits per heavy atom. The summed E-state index contributed by atoms with van der Waals surface area (Å²) in [5, 5.41) is 0. The normalized spacial score (nSPS) is 10.3. The molecule has 0 bridgehead atoms. The molecule has 0 N–H and O–H groups in total. The van der Waals surface area contributed by atoms with Crippen molar-refractivity contribution in [2.24, 2.45) is 0 Å². The van der Waals surface area contributed by atoms with Gasteiger partial charge in [0.2, 0.25) is 0 Å². The van der Waals surface area contributed by atoms with E-state index in [2.05, 4.69) is 0 Å². The van der Waals surface area contributed by atoms with Crippen LogP contribution in [0.5, 0.6) is 17.2 Å². The minimum atomic E-state index is 0.0749. The fourth-order valence-electron chi connectivity index (χ4n) is 1.76. The third-order valence-corrected chi connectivity index (χ3v) is 2.66. The van der Waals surface area contributed by atoms with E-state index in [1.54, 1.807) is 12.1 Å². The van der Waals surface area contributed by atoms with Gasteiger partial charge in [0.05, 0.1) is 0 Å². The molecule has 0 aliphatic carbocycles. The van der Waals surface area contributed by atoms with Gasteiger partial charge in [0.1, 0.15) is 23.5 Å². The molecule has 0 atom stereocenters. The van der Waals surface area contributed by atoms with Crippen molar-refractivity contribution in [2.75, 3.05) is 41.7 Å². The van der Waals surface area contributed by atoms with Crippen LogP contribution in [0, 0.1) is 0 Å². The second kappa shape index (κ2) is 10.8. The molecule has 0 aliphatic rings. The minimum absolute atomic E-state index is 0.0749. The summed E-state index contributed by atoms with van der Waals surface area (Å²) in [5.41, 5.74) is 0.756. The average molecular weight is 314 g/mol. The first-order valence-corrected chi connectivity index (χ1v) is 6.72. The lowest BCUT2D eigenvalue weighted by Gasteiger charge is -2.17. The number of ether oxygens (including phenoxy) is 6. The molecule has 0 radical (unpaired) electrons. The van der Waals surface area contributed by atoms with Gasteiger partial charge in [0.25, 0.3) is 0 Å². The molecule has 7 heteroatoms. The maximum absolute atomic E-state index is 10.7. The molecule has 0 saturated heterocycles. The number of hydrogen-bond donors (Lipinski definition) is 0. The summed E-state index contributed by atoms with van der Waals surface area (Å²) in [4.78, 5) is 10.7. The Bertz CT molecular complexity index is 419. The van der Waals surface area contributed by atoms with Crippen LogP contribution in [0.25, 0.3) is 0 Å². The van der Waals surface area contributed by atoms with Gasteiger partial charge >= 0.3 is 0 Å². The molecule has 0 saturated carbocycles. The van der Waals surface area contributed by atoms with Crippen molar-refractivity contribution in [1.29, 1.82) is 0 Å². The Balaban J connectivity index is 3.10. The standard InChI is InChI=1S/C15H22O7/c1-17-9-20-12-7-14(21-10-18-2)13(5-4-6-16)15(8-12)22-11-19-3/h6-8H,4-5,9-11H2,1-3H3. The number of hydrogen-bond acceptors (Lipinski definition) is 7. The lowest BCUT2D eigenvalue weighted by Crippen LogP contribution is -2.08. The highest BCUT2D eigenvalue weighted by Crippen LogP contribution is 2.35. The van der Waals surface area contributed by atoms with Crippen molar-refractivity contribution in [1.82, 2.24) is 0 Å². The highest BCUT2D eigenvalue weighted by molar-refractivity contribution is 5.55. The van der Waals surface area contributed by atoms with Crippen LogP contribution in [0.2, 0.25) is 0 Å². The summed E-state index contributed by atoms with van der Waals surface area (Å²) >= 11 is 0. The Kier molecular flexibility index (Phi) is 8.97. The Labute approximate surface area is 130 Å². The van der Waals surface area contributed by atoms with E-state index in [-0.39, 0.29) is 20.4 Å². The third-order valence-electron chi connectivity index (χ3n) is 2.66. The Morgan fingerprint density at radius 2 is 1.36 bits per heavy atom. The van der Waals surface area contributed by atoms with E-state index in [1.165, 1.54) is 21.3 Å². The Hall–Kier alpha value is -1.83. The van der Waals surface area contributed by atoms with E-state index < -0.39 is 0 Å². The lowest BCUT2D eigenvalue weighted by atomic mass is 10.1. The van der Waals surface area contributed by atoms with Crippen LogP contribution in [0.3, 0.4) is 0 Å². The van der Waals surface area contributed by atoms with Gasteiger partial charge in [-0.2, -0.15) is 0 Å². The van der Waals surface area contributed by atoms with E-state index >= 15 is 0 Å². The third kappa shape index (κ3) is 5.88. The van der Waals surface area contributed by atoms with Gasteiger partial charge in [0.15, 0.2) is 20.4 Å². The summed E-state index contributed by atoms with van der Waals surface area (Å²) in [6.45, 7) is 0.248. The second-order valence-corrected chi connectivity index (χ2v) is 4.26. The van der Waals surface area contributed by atoms with Crippen LogP contribution in [0.1, 0.15) is 12.0 Å². The Morgan fingerprint density at radius 3 is 1.82 bits per heavy atom. The first kappa shape index (κ1) is 18.2. The van der Waals surface area contributed by atoms with Crippen molar-refractivity contribution in [2.45, 2.75) is 12.8 Å². The summed E-state index contributed by atoms with van der Waals surface area (Å²) in [5.74, 6) is 1.58. The highest BCUT2D eigenvalue weighted by atomic mass is 16.7. The summed E-state index contributed by atoms with van der Waals surface area (Å²) in [6.07, 6.45) is 1.67. The predicted octanol–water partition coefficient (Wildman–Crippen LogP) is 1.77. The summed E-state index contributed by atoms with van der Waals surface area (Å²) in [7, 11) is 4.58. The maximum Gasteiger partial charge on any atom is 0.188 e. The van der Waals surface area contributed by atoms with Crippen molar-refractivity contribution < 1.29 is 33.2 Å². The van der Waals surface area contributed by atoms with Crippen LogP contribution >= 0.6 is 0 Å². The van der Waals surface area contributed by atoms with Gasteiger partial charge in [-0.3, -0.25) is 0 Å². The van der Waals surface area contributed by atoms with E-state index in [1.807, 2.05) is 0 Å². The molecule has 7 nitrogen and oxygen atoms in total. The zero-order chi connectivity index (χ0) is 16.2. The summed E-state index contributed by atoms with van der Waals surface area (Å²) < 4.78 is 31.2. The molecule has 124 valence electrons. The van der Waals surface area contributed by atoms with Crippen molar-refractivity contribution >= 4 is 6.29 Å². The topological polar surface area (TPSA) is 72.5 Å². The van der Waals surface area contributed by atoms with Crippen molar-refractivity contribution in [3.05, 3.63) is 17.7 Å². The van der Waals surface area contributed by atoms with Crippen LogP contribution in [0.15, 0.2) is 12.1 Å². The van der Waals surface area contributed by atoms with Gasteiger partial charge in [-0.1, -0.05) is 0 Å². The molecule has 1 aromatic carbocycles. The van der Waals surface area contributed by atoms with E-state index in [0.717, 1.165) is 11.8 Å². The molecule has 1 aromatic rings. The highest BCUT2D eigenvalue weighted by Gasteiger charge is 2.15. The molecule has 0 amide bonds. The molecule has 0 aromatic heterocycles. The monoisotopic (exact) mass is 314 g/mol. The van der Waals surface area contributed by atoms with E-state index in [4.69, 9.17) is 28.4 Å². The molecular weight excluding hydrogens is 292 g/mol. The average Bonchev–Trinajstić information content (AvgIpc) is 2.54. The quantitative estimate of drug-likeness (QED) is 0.430. The fraction of sp³-hybridized carbons (Fsp3) is 0.533. The van der Waals surface area contributed by atoms with E-state index in [0.29, 0.717) is 30.1 Å². The molecule has 0 spiro atoms. The largest absolute Gasteiger partial charge is 0.467 e. The van der Waals surface area contributed by atoms with E-state index in [9.17, 15) is 4.79 Å². The molecule has 0 unspecified atom stereocenters. The van der Waals surface area contributed by atoms with Gasteiger partial charge in [-0.25, -0.2) is 0 Å². The van der Waals surface area contributed by atoms with Gasteiger partial charge < -0.3 is 33.2 Å². The SMILES string of the molecule is COCOc1cc(OCOC)c(CCC=O)c(OCOC)c1. The molecule has 0 aliphatic heterocycles. The molecule has 1 rings (SSSR count). The predicted molar refractivity (Wildman–Crippen MR) is 78.3 cm³/mol. The first-order chi connectivity index (χ1) is 10.8. The number of carbonyl (C=O) groups excluding carboxylic acids is 1. The fourth-order valence-corrected chi connectivity index (χ4v) is 1.76. The summed E-state index contributed by atoms with van der Waals surface area (Å²) in [6, 6.07) is 3.41. The minimum Gasteiger partial charge on any atom is -0.467 e. The molecular formula is C15H22O7. The number of aldehydes is 1. The zero-order valence-electron chi connectivity index (χ0n) is 13.1. The smallest absolute Gasteiger partial charge is 0.188 e. The van der Waals surface area contributed by atoms with Crippen LogP contribution in [-0.4, -0.2) is 48.0 Å². The van der Waals surface area contributed by atoms with Crippen molar-refractivity contribution in [3.63, 3.8) is 0 Å². The van der Waals surface area contributed by atoms with Crippen LogP contribution < -0.4 is 14.2 Å². The molecule has 22 heavy (non-hydrogen) atoms. The van der Waals surface area contributed by atoms with Gasteiger partial charge in [0, 0.05) is 45.4 Å². The first-order valence-electron chi connectivity index (χ1n) is 6.72. The maximum atomic E-state index is 10.7. The van der Waals surface area contributed by atoms with Crippen molar-refractivity contribution in [3.8, 4) is 17.2 Å². The zero-order valence-corrected chi connectivity index (χ0v) is 13.1. The molecule has 0 heterocycles.